The van der Waals surface area contributed by atoms with Crippen LogP contribution in [-0.2, 0) is 28.7 Å². The average molecular weight is 489 g/mol. The first-order valence-corrected chi connectivity index (χ1v) is 13.1. The Hall–Kier alpha value is -2.02. The number of allylic oxidation sites excluding steroid dienone is 1. The van der Waals surface area contributed by atoms with Crippen molar-refractivity contribution in [1.29, 1.82) is 0 Å². The molecule has 4 aliphatic carbocycles. The number of rotatable bonds is 5. The Kier molecular flexibility index (Phi) is 6.57. The number of fused-ring (bicyclic) bond motifs is 5. The van der Waals surface area contributed by atoms with Gasteiger partial charge in [0.15, 0.2) is 18.0 Å². The van der Waals surface area contributed by atoms with Crippen LogP contribution in [0.15, 0.2) is 11.6 Å². The van der Waals surface area contributed by atoms with Crippen LogP contribution in [0, 0.1) is 40.4 Å². The molecule has 0 amide bonds. The Labute approximate surface area is 208 Å². The molecule has 7 heteroatoms. The summed E-state index contributed by atoms with van der Waals surface area (Å²) in [5, 5.41) is 11.7. The number of ketones is 2. The van der Waals surface area contributed by atoms with E-state index in [9.17, 15) is 24.3 Å². The van der Waals surface area contributed by atoms with Crippen LogP contribution in [0.2, 0.25) is 0 Å². The third-order valence-corrected chi connectivity index (χ3v) is 10.1. The first-order chi connectivity index (χ1) is 16.3. The van der Waals surface area contributed by atoms with Crippen molar-refractivity contribution in [1.82, 2.24) is 0 Å². The molecule has 0 aromatic carbocycles. The highest BCUT2D eigenvalue weighted by atomic mass is 16.6. The summed E-state index contributed by atoms with van der Waals surface area (Å²) in [4.78, 5) is 50.2. The molecule has 0 spiro atoms. The largest absolute Gasteiger partial charge is 0.458 e. The van der Waals surface area contributed by atoms with Gasteiger partial charge in [-0.3, -0.25) is 19.2 Å². The molecule has 7 nitrogen and oxygen atoms in total. The second kappa shape index (κ2) is 8.82. The van der Waals surface area contributed by atoms with Crippen LogP contribution in [0.4, 0.5) is 0 Å². The van der Waals surface area contributed by atoms with Crippen LogP contribution >= 0.6 is 0 Å². The van der Waals surface area contributed by atoms with E-state index >= 15 is 0 Å². The lowest BCUT2D eigenvalue weighted by Gasteiger charge is -2.62. The third-order valence-electron chi connectivity index (χ3n) is 10.1. The van der Waals surface area contributed by atoms with Gasteiger partial charge < -0.3 is 14.6 Å². The number of esters is 2. The van der Waals surface area contributed by atoms with Gasteiger partial charge in [0.2, 0.25) is 5.78 Å². The van der Waals surface area contributed by atoms with E-state index in [4.69, 9.17) is 9.47 Å². The fourth-order valence-electron chi connectivity index (χ4n) is 8.83. The number of carbonyl (C=O) groups is 4. The van der Waals surface area contributed by atoms with E-state index in [0.717, 1.165) is 18.4 Å². The van der Waals surface area contributed by atoms with Crippen molar-refractivity contribution in [2.45, 2.75) is 91.8 Å². The van der Waals surface area contributed by atoms with Crippen LogP contribution < -0.4 is 0 Å². The molecular formula is C28H40O7. The van der Waals surface area contributed by atoms with Crippen LogP contribution in [0.5, 0.6) is 0 Å². The molecule has 0 aromatic rings. The monoisotopic (exact) mass is 488 g/mol. The smallest absolute Gasteiger partial charge is 0.306 e. The molecule has 1 N–H and O–H groups in total. The van der Waals surface area contributed by atoms with Crippen molar-refractivity contribution in [3.05, 3.63) is 11.6 Å². The summed E-state index contributed by atoms with van der Waals surface area (Å²) in [6.45, 7) is 10.8. The molecule has 0 radical (unpaired) electrons. The van der Waals surface area contributed by atoms with Crippen molar-refractivity contribution in [2.24, 2.45) is 40.4 Å². The van der Waals surface area contributed by atoms with E-state index < -0.39 is 41.4 Å². The van der Waals surface area contributed by atoms with Gasteiger partial charge in [0.05, 0.1) is 6.10 Å². The molecule has 0 heterocycles. The van der Waals surface area contributed by atoms with Gasteiger partial charge in [0, 0.05) is 31.1 Å². The highest BCUT2D eigenvalue weighted by molar-refractivity contribution is 5.94. The zero-order chi connectivity index (χ0) is 25.9. The van der Waals surface area contributed by atoms with Gasteiger partial charge in [0.1, 0.15) is 0 Å². The molecule has 0 saturated heterocycles. The molecule has 3 fully saturated rings. The Morgan fingerprint density at radius 2 is 1.86 bits per heavy atom. The number of hydrogen-bond donors (Lipinski definition) is 1. The van der Waals surface area contributed by atoms with E-state index in [1.807, 2.05) is 19.9 Å². The first kappa shape index (κ1) is 26.1. The quantitative estimate of drug-likeness (QED) is 0.587. The number of Topliss-reactive ketones (excluding diaryl/α,β-unsaturated/α-hetero) is 1. The van der Waals surface area contributed by atoms with Crippen molar-refractivity contribution in [3.63, 3.8) is 0 Å². The highest BCUT2D eigenvalue weighted by Gasteiger charge is 2.73. The van der Waals surface area contributed by atoms with Gasteiger partial charge >= 0.3 is 11.9 Å². The summed E-state index contributed by atoms with van der Waals surface area (Å²) in [6, 6.07) is 0. The minimum Gasteiger partial charge on any atom is -0.458 e. The fraction of sp³-hybridized carbons (Fsp3) is 0.786. The zero-order valence-corrected chi connectivity index (χ0v) is 21.9. The number of hydrogen-bond acceptors (Lipinski definition) is 7. The van der Waals surface area contributed by atoms with Crippen LogP contribution in [-0.4, -0.2) is 46.9 Å². The van der Waals surface area contributed by atoms with Gasteiger partial charge in [-0.25, -0.2) is 0 Å². The topological polar surface area (TPSA) is 107 Å². The first-order valence-electron chi connectivity index (χ1n) is 13.1. The molecular weight excluding hydrogens is 448 g/mol. The maximum Gasteiger partial charge on any atom is 0.306 e. The predicted molar refractivity (Wildman–Crippen MR) is 128 cm³/mol. The van der Waals surface area contributed by atoms with Gasteiger partial charge in [-0.2, -0.15) is 0 Å². The summed E-state index contributed by atoms with van der Waals surface area (Å²) in [7, 11) is 0. The molecule has 4 aliphatic rings. The van der Waals surface area contributed by atoms with Gasteiger partial charge in [-0.15, -0.1) is 0 Å². The van der Waals surface area contributed by atoms with E-state index in [1.54, 1.807) is 6.92 Å². The molecule has 0 aliphatic heterocycles. The third kappa shape index (κ3) is 3.71. The van der Waals surface area contributed by atoms with Crippen molar-refractivity contribution >= 4 is 23.5 Å². The van der Waals surface area contributed by atoms with Gasteiger partial charge in [0.25, 0.3) is 0 Å². The minimum absolute atomic E-state index is 0.0235. The average Bonchev–Trinajstić information content (AvgIpc) is 3.00. The molecule has 4 rings (SSSR count). The summed E-state index contributed by atoms with van der Waals surface area (Å²) in [5.74, 6) is -1.21. The summed E-state index contributed by atoms with van der Waals surface area (Å²) in [5.41, 5.74) is -1.38. The lowest BCUT2D eigenvalue weighted by atomic mass is 9.44. The minimum atomic E-state index is -1.46. The summed E-state index contributed by atoms with van der Waals surface area (Å²) >= 11 is 0. The van der Waals surface area contributed by atoms with Crippen molar-refractivity contribution < 1.29 is 33.8 Å². The summed E-state index contributed by atoms with van der Waals surface area (Å²) < 4.78 is 11.2. The number of aliphatic hydroxyl groups excluding tert-OH is 1. The number of ether oxygens (including phenoxy) is 2. The second-order valence-electron chi connectivity index (χ2n) is 12.0. The maximum absolute atomic E-state index is 13.8. The van der Waals surface area contributed by atoms with Crippen molar-refractivity contribution in [3.8, 4) is 0 Å². The maximum atomic E-state index is 13.8. The molecule has 194 valence electrons. The Morgan fingerprint density at radius 1 is 1.17 bits per heavy atom. The van der Waals surface area contributed by atoms with Crippen LogP contribution in [0.3, 0.4) is 0 Å². The molecule has 0 bridgehead atoms. The lowest BCUT2D eigenvalue weighted by Crippen LogP contribution is -2.65. The molecule has 0 unspecified atom stereocenters. The SMILES string of the molecule is CCC(=O)O[C@]1(C(=O)COC(C)=O)[C@H](C)C[C@H]2[C@@H]3C[C@H](C)C4=CC(=O)CC[C@]4(C)[C@H]3[C@@H](O)C[C@@]21C. The molecule has 0 aromatic heterocycles. The Balaban J connectivity index is 1.79. The summed E-state index contributed by atoms with van der Waals surface area (Å²) in [6.07, 6.45) is 4.27. The van der Waals surface area contributed by atoms with Crippen LogP contribution in [0.1, 0.15) is 80.1 Å². The van der Waals surface area contributed by atoms with Crippen molar-refractivity contribution in [2.75, 3.05) is 6.61 Å². The highest BCUT2D eigenvalue weighted by Crippen LogP contribution is 2.70. The van der Waals surface area contributed by atoms with Crippen LogP contribution in [0.25, 0.3) is 0 Å². The number of aliphatic hydroxyl groups is 1. The zero-order valence-electron chi connectivity index (χ0n) is 21.9. The fourth-order valence-corrected chi connectivity index (χ4v) is 8.83. The predicted octanol–water partition coefficient (Wildman–Crippen LogP) is 3.81. The van der Waals surface area contributed by atoms with E-state index in [-0.39, 0.29) is 47.2 Å². The normalized spacial score (nSPS) is 44.4. The molecule has 9 atom stereocenters. The van der Waals surface area contributed by atoms with Gasteiger partial charge in [-0.1, -0.05) is 40.2 Å². The standard InChI is InChI=1S/C28H40O7/c1-7-24(33)35-28(23(32)14-34-17(4)29)16(3)11-21-19-10-15(2)20-12-18(30)8-9-26(20,5)25(19)22(31)13-27(21,28)6/h12,15-16,19,21-22,25,31H,7-11,13-14H2,1-6H3/t15-,16+,19-,21-,22-,25+,26-,27-,28-/m0/s1. The second-order valence-corrected chi connectivity index (χ2v) is 12.0. The Morgan fingerprint density at radius 3 is 2.49 bits per heavy atom. The molecule has 35 heavy (non-hydrogen) atoms. The van der Waals surface area contributed by atoms with Gasteiger partial charge in [-0.05, 0) is 60.8 Å². The van der Waals surface area contributed by atoms with E-state index in [2.05, 4.69) is 13.8 Å². The lowest BCUT2D eigenvalue weighted by molar-refractivity contribution is -0.208. The van der Waals surface area contributed by atoms with E-state index in [0.29, 0.717) is 19.3 Å². The number of carbonyl (C=O) groups excluding carboxylic acids is 4. The van der Waals surface area contributed by atoms with E-state index in [1.165, 1.54) is 6.92 Å². The molecule has 3 saturated carbocycles. The Bertz CT molecular complexity index is 968.